The molecule has 0 unspecified atom stereocenters. The van der Waals surface area contributed by atoms with E-state index in [2.05, 4.69) is 10.1 Å². The predicted octanol–water partition coefficient (Wildman–Crippen LogP) is 1.72. The summed E-state index contributed by atoms with van der Waals surface area (Å²) in [6.45, 7) is 3.80. The highest BCUT2D eigenvalue weighted by atomic mass is 16.5. The quantitative estimate of drug-likeness (QED) is 0.876. The number of aliphatic hydroxyl groups excluding tert-OH is 1. The second-order valence-corrected chi connectivity index (χ2v) is 3.89. The molecule has 0 amide bonds. The number of aromatic nitrogens is 3. The Morgan fingerprint density at radius 2 is 2.18 bits per heavy atom. The van der Waals surface area contributed by atoms with Gasteiger partial charge >= 0.3 is 0 Å². The lowest BCUT2D eigenvalue weighted by Crippen LogP contribution is -1.94. The fourth-order valence-electron chi connectivity index (χ4n) is 1.61. The van der Waals surface area contributed by atoms with Gasteiger partial charge in [0.2, 0.25) is 5.88 Å². The molecule has 0 fully saturated rings. The Balaban J connectivity index is 2.31. The average molecular weight is 233 g/mol. The molecule has 0 spiro atoms. The van der Waals surface area contributed by atoms with Gasteiger partial charge in [-0.15, -0.1) is 0 Å². The maximum absolute atomic E-state index is 9.04. The van der Waals surface area contributed by atoms with Crippen LogP contribution in [0.25, 0.3) is 0 Å². The molecule has 0 aliphatic rings. The summed E-state index contributed by atoms with van der Waals surface area (Å²) in [5, 5.41) is 13.3. The van der Waals surface area contributed by atoms with Gasteiger partial charge in [0, 0.05) is 19.3 Å². The van der Waals surface area contributed by atoms with E-state index >= 15 is 0 Å². The van der Waals surface area contributed by atoms with Crippen molar-refractivity contribution in [1.29, 1.82) is 0 Å². The summed E-state index contributed by atoms with van der Waals surface area (Å²) in [5.74, 6) is 1.19. The zero-order valence-corrected chi connectivity index (χ0v) is 10.1. The van der Waals surface area contributed by atoms with E-state index in [1.54, 1.807) is 23.0 Å². The van der Waals surface area contributed by atoms with Gasteiger partial charge < -0.3 is 9.84 Å². The molecule has 0 atom stereocenters. The van der Waals surface area contributed by atoms with Crippen LogP contribution in [0.4, 0.5) is 0 Å². The van der Waals surface area contributed by atoms with Crippen LogP contribution in [0.1, 0.15) is 17.0 Å². The van der Waals surface area contributed by atoms with Crippen LogP contribution in [0.2, 0.25) is 0 Å². The molecule has 0 aromatic carbocycles. The highest BCUT2D eigenvalue weighted by Gasteiger charge is 2.12. The van der Waals surface area contributed by atoms with Crippen molar-refractivity contribution in [3.63, 3.8) is 0 Å². The SMILES string of the molecule is Cc1nn(C)c(C)c1Oc1cc(CO)ccn1. The molecule has 17 heavy (non-hydrogen) atoms. The minimum Gasteiger partial charge on any atom is -0.435 e. The van der Waals surface area contributed by atoms with Crippen LogP contribution in [-0.2, 0) is 13.7 Å². The van der Waals surface area contributed by atoms with Gasteiger partial charge in [-0.3, -0.25) is 4.68 Å². The van der Waals surface area contributed by atoms with Crippen molar-refractivity contribution in [2.45, 2.75) is 20.5 Å². The molecule has 0 aliphatic carbocycles. The molecule has 2 aromatic heterocycles. The van der Waals surface area contributed by atoms with E-state index in [1.807, 2.05) is 20.9 Å². The van der Waals surface area contributed by atoms with Crippen LogP contribution in [0.5, 0.6) is 11.6 Å². The average Bonchev–Trinajstić information content (AvgIpc) is 2.56. The molecular formula is C12H15N3O2. The molecule has 5 nitrogen and oxygen atoms in total. The van der Waals surface area contributed by atoms with Crippen molar-refractivity contribution >= 4 is 0 Å². The van der Waals surface area contributed by atoms with Crippen LogP contribution in [0.3, 0.4) is 0 Å². The molecular weight excluding hydrogens is 218 g/mol. The first-order valence-electron chi connectivity index (χ1n) is 5.35. The van der Waals surface area contributed by atoms with Gasteiger partial charge in [0.05, 0.1) is 12.3 Å². The van der Waals surface area contributed by atoms with Gasteiger partial charge in [-0.1, -0.05) is 0 Å². The van der Waals surface area contributed by atoms with Crippen LogP contribution in [-0.4, -0.2) is 19.9 Å². The molecule has 0 saturated heterocycles. The smallest absolute Gasteiger partial charge is 0.219 e. The normalized spacial score (nSPS) is 10.6. The molecule has 0 aliphatic heterocycles. The Hall–Kier alpha value is -1.88. The number of aryl methyl sites for hydroxylation is 2. The van der Waals surface area contributed by atoms with E-state index in [9.17, 15) is 0 Å². The van der Waals surface area contributed by atoms with E-state index in [1.165, 1.54) is 0 Å². The second-order valence-electron chi connectivity index (χ2n) is 3.89. The molecule has 2 rings (SSSR count). The molecule has 2 aromatic rings. The summed E-state index contributed by atoms with van der Waals surface area (Å²) >= 11 is 0. The number of pyridine rings is 1. The first-order chi connectivity index (χ1) is 8.11. The van der Waals surface area contributed by atoms with Crippen LogP contribution < -0.4 is 4.74 Å². The number of ether oxygens (including phenoxy) is 1. The lowest BCUT2D eigenvalue weighted by Gasteiger charge is -2.05. The summed E-state index contributed by atoms with van der Waals surface area (Å²) in [6, 6.07) is 3.46. The minimum absolute atomic E-state index is 0.0239. The number of hydrogen-bond acceptors (Lipinski definition) is 4. The molecule has 90 valence electrons. The Labute approximate surface area is 99.7 Å². The Bertz CT molecular complexity index is 535. The van der Waals surface area contributed by atoms with Crippen molar-refractivity contribution in [2.24, 2.45) is 7.05 Å². The van der Waals surface area contributed by atoms with Gasteiger partial charge in [-0.05, 0) is 25.5 Å². The first kappa shape index (κ1) is 11.6. The van der Waals surface area contributed by atoms with Crippen molar-refractivity contribution in [3.8, 4) is 11.6 Å². The van der Waals surface area contributed by atoms with Gasteiger partial charge in [-0.2, -0.15) is 5.10 Å². The first-order valence-corrected chi connectivity index (χ1v) is 5.35. The highest BCUT2D eigenvalue weighted by Crippen LogP contribution is 2.26. The molecule has 2 heterocycles. The van der Waals surface area contributed by atoms with E-state index in [4.69, 9.17) is 9.84 Å². The topological polar surface area (TPSA) is 60.2 Å². The number of rotatable bonds is 3. The summed E-state index contributed by atoms with van der Waals surface area (Å²) in [7, 11) is 1.87. The Morgan fingerprint density at radius 1 is 1.41 bits per heavy atom. The fraction of sp³-hybridized carbons (Fsp3) is 0.333. The lowest BCUT2D eigenvalue weighted by atomic mass is 10.3. The van der Waals surface area contributed by atoms with Crippen molar-refractivity contribution in [3.05, 3.63) is 35.3 Å². The molecule has 0 bridgehead atoms. The standard InChI is InChI=1S/C12H15N3O2/c1-8-12(9(2)15(3)14-8)17-11-6-10(7-16)4-5-13-11/h4-6,16H,7H2,1-3H3. The molecule has 5 heteroatoms. The van der Waals surface area contributed by atoms with Crippen molar-refractivity contribution in [2.75, 3.05) is 0 Å². The molecule has 0 radical (unpaired) electrons. The van der Waals surface area contributed by atoms with Crippen LogP contribution in [0, 0.1) is 13.8 Å². The highest BCUT2D eigenvalue weighted by molar-refractivity contribution is 5.35. The second kappa shape index (κ2) is 4.55. The zero-order valence-electron chi connectivity index (χ0n) is 10.1. The third-order valence-electron chi connectivity index (χ3n) is 2.63. The van der Waals surface area contributed by atoms with Crippen LogP contribution >= 0.6 is 0 Å². The predicted molar refractivity (Wildman–Crippen MR) is 62.9 cm³/mol. The van der Waals surface area contributed by atoms with E-state index in [-0.39, 0.29) is 6.61 Å². The third-order valence-corrected chi connectivity index (χ3v) is 2.63. The Kier molecular flexibility index (Phi) is 3.10. The van der Waals surface area contributed by atoms with E-state index in [0.29, 0.717) is 5.88 Å². The van der Waals surface area contributed by atoms with E-state index < -0.39 is 0 Å². The minimum atomic E-state index is -0.0239. The summed E-state index contributed by atoms with van der Waals surface area (Å²) in [4.78, 5) is 4.10. The van der Waals surface area contributed by atoms with Gasteiger partial charge in [-0.25, -0.2) is 4.98 Å². The van der Waals surface area contributed by atoms with Crippen molar-refractivity contribution in [1.82, 2.24) is 14.8 Å². The monoisotopic (exact) mass is 233 g/mol. The lowest BCUT2D eigenvalue weighted by molar-refractivity contribution is 0.281. The van der Waals surface area contributed by atoms with Gasteiger partial charge in [0.15, 0.2) is 5.75 Å². The maximum Gasteiger partial charge on any atom is 0.219 e. The molecule has 1 N–H and O–H groups in total. The summed E-state index contributed by atoms with van der Waals surface area (Å²) < 4.78 is 7.46. The van der Waals surface area contributed by atoms with Crippen LogP contribution in [0.15, 0.2) is 18.3 Å². The van der Waals surface area contributed by atoms with Gasteiger partial charge in [0.25, 0.3) is 0 Å². The largest absolute Gasteiger partial charge is 0.435 e. The summed E-state index contributed by atoms with van der Waals surface area (Å²) in [6.07, 6.45) is 1.61. The maximum atomic E-state index is 9.04. The summed E-state index contributed by atoms with van der Waals surface area (Å²) in [5.41, 5.74) is 2.54. The molecule has 0 saturated carbocycles. The Morgan fingerprint density at radius 3 is 2.76 bits per heavy atom. The number of hydrogen-bond donors (Lipinski definition) is 1. The number of nitrogens with zero attached hydrogens (tertiary/aromatic N) is 3. The van der Waals surface area contributed by atoms with Crippen molar-refractivity contribution < 1.29 is 9.84 Å². The number of aliphatic hydroxyl groups is 1. The fourth-order valence-corrected chi connectivity index (χ4v) is 1.61. The van der Waals surface area contributed by atoms with Gasteiger partial charge in [0.1, 0.15) is 5.69 Å². The zero-order chi connectivity index (χ0) is 12.4. The third kappa shape index (κ3) is 2.29. The van der Waals surface area contributed by atoms with E-state index in [0.717, 1.165) is 22.7 Å².